The maximum atomic E-state index is 5.98. The largest absolute Gasteiger partial charge is 0.492 e. The first-order chi connectivity index (χ1) is 10.6. The Kier molecular flexibility index (Phi) is 7.13. The average molecular weight is 379 g/mol. The number of benzene rings is 2. The normalized spacial score (nSPS) is 10.7. The van der Waals surface area contributed by atoms with E-state index in [1.165, 1.54) is 0 Å². The summed E-state index contributed by atoms with van der Waals surface area (Å²) in [7, 11) is 0. The highest BCUT2D eigenvalue weighted by Gasteiger charge is 2.01. The number of ether oxygens (including phenoxy) is 1. The molecular weight excluding hydrogens is 364 g/mol. The van der Waals surface area contributed by atoms with Crippen LogP contribution in [0.4, 0.5) is 0 Å². The molecule has 0 aliphatic rings. The Morgan fingerprint density at radius 1 is 0.773 bits per heavy atom. The molecule has 2 aromatic carbocycles. The van der Waals surface area contributed by atoms with Crippen LogP contribution in [0.2, 0.25) is 20.1 Å². The topological polar surface area (TPSA) is 21.3 Å². The molecule has 0 spiro atoms. The quantitative estimate of drug-likeness (QED) is 0.641. The SMILES string of the molecule is Clc1ccc(CCNCCOc2ccc(Cl)c(Cl)c2)cc1Cl. The van der Waals surface area contributed by atoms with Crippen LogP contribution in [0, 0.1) is 0 Å². The van der Waals surface area contributed by atoms with Gasteiger partial charge in [0, 0.05) is 12.6 Å². The zero-order valence-corrected chi connectivity index (χ0v) is 14.7. The predicted molar refractivity (Wildman–Crippen MR) is 95.0 cm³/mol. The minimum atomic E-state index is 0.492. The van der Waals surface area contributed by atoms with Gasteiger partial charge < -0.3 is 10.1 Å². The van der Waals surface area contributed by atoms with Crippen molar-refractivity contribution in [1.82, 2.24) is 5.32 Å². The minimum Gasteiger partial charge on any atom is -0.492 e. The highest BCUT2D eigenvalue weighted by Crippen LogP contribution is 2.26. The Bertz CT molecular complexity index is 578. The van der Waals surface area contributed by atoms with E-state index in [0.717, 1.165) is 25.1 Å². The molecule has 0 atom stereocenters. The molecule has 2 aromatic rings. The summed E-state index contributed by atoms with van der Waals surface area (Å²) in [5.74, 6) is 0.709. The third-order valence-electron chi connectivity index (χ3n) is 3.01. The van der Waals surface area contributed by atoms with E-state index in [4.69, 9.17) is 51.1 Å². The molecule has 0 fully saturated rings. The van der Waals surface area contributed by atoms with E-state index < -0.39 is 0 Å². The van der Waals surface area contributed by atoms with Crippen molar-refractivity contribution in [3.05, 3.63) is 62.1 Å². The Hall–Kier alpha value is -0.640. The molecule has 2 rings (SSSR count). The summed E-state index contributed by atoms with van der Waals surface area (Å²) in [6.45, 7) is 2.13. The summed E-state index contributed by atoms with van der Waals surface area (Å²) in [4.78, 5) is 0. The van der Waals surface area contributed by atoms with Gasteiger partial charge in [0.05, 0.1) is 20.1 Å². The van der Waals surface area contributed by atoms with Crippen LogP contribution < -0.4 is 10.1 Å². The number of halogens is 4. The average Bonchev–Trinajstić information content (AvgIpc) is 2.50. The molecule has 0 saturated carbocycles. The van der Waals surface area contributed by atoms with Crippen LogP contribution in [-0.4, -0.2) is 19.7 Å². The molecular formula is C16H15Cl4NO. The van der Waals surface area contributed by atoms with Gasteiger partial charge in [-0.05, 0) is 42.8 Å². The summed E-state index contributed by atoms with van der Waals surface area (Å²) in [5.41, 5.74) is 1.15. The smallest absolute Gasteiger partial charge is 0.120 e. The van der Waals surface area contributed by atoms with Gasteiger partial charge in [0.15, 0.2) is 0 Å². The first kappa shape index (κ1) is 17.7. The highest BCUT2D eigenvalue weighted by atomic mass is 35.5. The molecule has 2 nitrogen and oxygen atoms in total. The second-order valence-electron chi connectivity index (χ2n) is 4.67. The van der Waals surface area contributed by atoms with E-state index in [1.807, 2.05) is 18.2 Å². The van der Waals surface area contributed by atoms with Crippen molar-refractivity contribution in [2.24, 2.45) is 0 Å². The molecule has 0 heterocycles. The molecule has 0 amide bonds. The lowest BCUT2D eigenvalue weighted by Gasteiger charge is -2.09. The van der Waals surface area contributed by atoms with Crippen LogP contribution in [0.25, 0.3) is 0 Å². The fourth-order valence-corrected chi connectivity index (χ4v) is 2.47. The number of rotatable bonds is 7. The monoisotopic (exact) mass is 377 g/mol. The Balaban J connectivity index is 1.65. The van der Waals surface area contributed by atoms with E-state index in [0.29, 0.717) is 32.4 Å². The fraction of sp³-hybridized carbons (Fsp3) is 0.250. The van der Waals surface area contributed by atoms with Gasteiger partial charge >= 0.3 is 0 Å². The molecule has 0 aliphatic carbocycles. The lowest BCUT2D eigenvalue weighted by atomic mass is 10.1. The van der Waals surface area contributed by atoms with Crippen LogP contribution in [0.1, 0.15) is 5.56 Å². The van der Waals surface area contributed by atoms with E-state index in [1.54, 1.807) is 18.2 Å². The van der Waals surface area contributed by atoms with Gasteiger partial charge in [0.1, 0.15) is 12.4 Å². The minimum absolute atomic E-state index is 0.492. The van der Waals surface area contributed by atoms with Gasteiger partial charge in [-0.2, -0.15) is 0 Å². The van der Waals surface area contributed by atoms with Crippen molar-refractivity contribution in [3.8, 4) is 5.75 Å². The van der Waals surface area contributed by atoms with E-state index >= 15 is 0 Å². The molecule has 0 bridgehead atoms. The third kappa shape index (κ3) is 5.53. The lowest BCUT2D eigenvalue weighted by Crippen LogP contribution is -2.23. The van der Waals surface area contributed by atoms with Gasteiger partial charge in [-0.1, -0.05) is 52.5 Å². The highest BCUT2D eigenvalue weighted by molar-refractivity contribution is 6.42. The van der Waals surface area contributed by atoms with Crippen molar-refractivity contribution in [2.75, 3.05) is 19.7 Å². The van der Waals surface area contributed by atoms with E-state index in [9.17, 15) is 0 Å². The van der Waals surface area contributed by atoms with Crippen LogP contribution in [0.15, 0.2) is 36.4 Å². The van der Waals surface area contributed by atoms with Crippen LogP contribution in [0.3, 0.4) is 0 Å². The summed E-state index contributed by atoms with van der Waals surface area (Å²) in [6.07, 6.45) is 0.879. The molecule has 0 unspecified atom stereocenters. The summed E-state index contributed by atoms with van der Waals surface area (Å²) in [6, 6.07) is 10.9. The molecule has 0 saturated heterocycles. The van der Waals surface area contributed by atoms with Crippen LogP contribution in [0.5, 0.6) is 5.75 Å². The third-order valence-corrected chi connectivity index (χ3v) is 4.49. The first-order valence-electron chi connectivity index (χ1n) is 6.79. The van der Waals surface area contributed by atoms with Gasteiger partial charge in [0.25, 0.3) is 0 Å². The van der Waals surface area contributed by atoms with Gasteiger partial charge in [0.2, 0.25) is 0 Å². The molecule has 22 heavy (non-hydrogen) atoms. The molecule has 6 heteroatoms. The zero-order chi connectivity index (χ0) is 15.9. The Labute approximate surface area is 150 Å². The van der Waals surface area contributed by atoms with Crippen molar-refractivity contribution >= 4 is 46.4 Å². The molecule has 118 valence electrons. The van der Waals surface area contributed by atoms with Crippen molar-refractivity contribution in [1.29, 1.82) is 0 Å². The summed E-state index contributed by atoms with van der Waals surface area (Å²) in [5, 5.41) is 5.48. The van der Waals surface area contributed by atoms with Crippen LogP contribution in [-0.2, 0) is 6.42 Å². The van der Waals surface area contributed by atoms with Crippen molar-refractivity contribution < 1.29 is 4.74 Å². The van der Waals surface area contributed by atoms with Crippen molar-refractivity contribution in [2.45, 2.75) is 6.42 Å². The molecule has 0 radical (unpaired) electrons. The van der Waals surface area contributed by atoms with E-state index in [2.05, 4.69) is 5.32 Å². The molecule has 1 N–H and O–H groups in total. The molecule has 0 aromatic heterocycles. The number of hydrogen-bond acceptors (Lipinski definition) is 2. The zero-order valence-electron chi connectivity index (χ0n) is 11.7. The van der Waals surface area contributed by atoms with Gasteiger partial charge in [-0.15, -0.1) is 0 Å². The second kappa shape index (κ2) is 8.85. The van der Waals surface area contributed by atoms with E-state index in [-0.39, 0.29) is 0 Å². The standard InChI is InChI=1S/C16H15Cl4NO/c17-13-3-1-11(9-15(13)19)5-6-21-7-8-22-12-2-4-14(18)16(20)10-12/h1-4,9-10,21H,5-8H2. The van der Waals surface area contributed by atoms with Gasteiger partial charge in [-0.3, -0.25) is 0 Å². The summed E-state index contributed by atoms with van der Waals surface area (Å²) >= 11 is 23.6. The number of nitrogens with one attached hydrogen (secondary N) is 1. The first-order valence-corrected chi connectivity index (χ1v) is 8.30. The fourth-order valence-electron chi connectivity index (χ4n) is 1.86. The maximum absolute atomic E-state index is 5.98. The maximum Gasteiger partial charge on any atom is 0.120 e. The number of hydrogen-bond donors (Lipinski definition) is 1. The summed E-state index contributed by atoms with van der Waals surface area (Å²) < 4.78 is 5.58. The molecule has 0 aliphatic heterocycles. The Morgan fingerprint density at radius 3 is 2.14 bits per heavy atom. The lowest BCUT2D eigenvalue weighted by molar-refractivity contribution is 0.314. The Morgan fingerprint density at radius 2 is 1.45 bits per heavy atom. The van der Waals surface area contributed by atoms with Gasteiger partial charge in [-0.25, -0.2) is 0 Å². The predicted octanol–water partition coefficient (Wildman–Crippen LogP) is 5.51. The van der Waals surface area contributed by atoms with Crippen molar-refractivity contribution in [3.63, 3.8) is 0 Å². The second-order valence-corrected chi connectivity index (χ2v) is 6.30. The van der Waals surface area contributed by atoms with Crippen LogP contribution >= 0.6 is 46.4 Å².